The second-order valence-corrected chi connectivity index (χ2v) is 3.04. The third-order valence-corrected chi connectivity index (χ3v) is 1.62. The van der Waals surface area contributed by atoms with Crippen LogP contribution in [0.1, 0.15) is 11.1 Å². The van der Waals surface area contributed by atoms with Gasteiger partial charge < -0.3 is 4.90 Å². The molecule has 0 aliphatic carbocycles. The molecule has 0 aliphatic rings. The molecule has 0 N–H and O–H groups in total. The van der Waals surface area contributed by atoms with Gasteiger partial charge in [0.1, 0.15) is 0 Å². The second kappa shape index (κ2) is 3.49. The van der Waals surface area contributed by atoms with E-state index in [0.717, 1.165) is 6.54 Å². The third kappa shape index (κ3) is 2.31. The average Bonchev–Trinajstić information content (AvgIpc) is 1.93. The van der Waals surface area contributed by atoms with Crippen molar-refractivity contribution in [3.05, 3.63) is 29.6 Å². The van der Waals surface area contributed by atoms with Crippen LogP contribution in [0.2, 0.25) is 0 Å². The Balaban J connectivity index is 2.78. The van der Waals surface area contributed by atoms with Crippen LogP contribution < -0.4 is 0 Å². The zero-order valence-corrected chi connectivity index (χ0v) is 7.33. The number of aryl methyl sites for hydroxylation is 1. The molecule has 1 aromatic rings. The molecular weight excluding hydrogens is 136 g/mol. The molecule has 1 aromatic heterocycles. The van der Waals surface area contributed by atoms with Gasteiger partial charge in [-0.3, -0.25) is 4.98 Å². The molecule has 0 unspecified atom stereocenters. The summed E-state index contributed by atoms with van der Waals surface area (Å²) in [5.41, 5.74) is 2.62. The number of aromatic nitrogens is 1. The zero-order chi connectivity index (χ0) is 8.27. The zero-order valence-electron chi connectivity index (χ0n) is 7.33. The fraction of sp³-hybridized carbons (Fsp3) is 0.444. The van der Waals surface area contributed by atoms with Gasteiger partial charge in [0.25, 0.3) is 0 Å². The van der Waals surface area contributed by atoms with E-state index in [1.165, 1.54) is 11.1 Å². The fourth-order valence-corrected chi connectivity index (χ4v) is 1.02. The summed E-state index contributed by atoms with van der Waals surface area (Å²) in [6.45, 7) is 3.08. The molecule has 0 saturated heterocycles. The highest BCUT2D eigenvalue weighted by molar-refractivity contribution is 5.20. The summed E-state index contributed by atoms with van der Waals surface area (Å²) in [6.07, 6.45) is 3.74. The van der Waals surface area contributed by atoms with Crippen molar-refractivity contribution in [2.24, 2.45) is 0 Å². The van der Waals surface area contributed by atoms with E-state index in [1.807, 2.05) is 12.4 Å². The minimum atomic E-state index is 0.994. The minimum absolute atomic E-state index is 0.994. The topological polar surface area (TPSA) is 16.1 Å². The van der Waals surface area contributed by atoms with Crippen LogP contribution >= 0.6 is 0 Å². The van der Waals surface area contributed by atoms with Crippen molar-refractivity contribution in [3.63, 3.8) is 0 Å². The molecule has 0 aliphatic heterocycles. The maximum atomic E-state index is 4.03. The Hall–Kier alpha value is -0.890. The van der Waals surface area contributed by atoms with Crippen LogP contribution in [0.25, 0.3) is 0 Å². The SMILES string of the molecule is Cc1cnccc1CN(C)C. The normalized spacial score (nSPS) is 10.5. The van der Waals surface area contributed by atoms with Crippen molar-refractivity contribution in [3.8, 4) is 0 Å². The van der Waals surface area contributed by atoms with Gasteiger partial charge in [0.15, 0.2) is 0 Å². The monoisotopic (exact) mass is 150 g/mol. The lowest BCUT2D eigenvalue weighted by atomic mass is 10.1. The second-order valence-electron chi connectivity index (χ2n) is 3.04. The number of nitrogens with zero attached hydrogens (tertiary/aromatic N) is 2. The molecule has 0 radical (unpaired) electrons. The van der Waals surface area contributed by atoms with Gasteiger partial charge in [0.05, 0.1) is 0 Å². The van der Waals surface area contributed by atoms with E-state index in [4.69, 9.17) is 0 Å². The van der Waals surface area contributed by atoms with Gasteiger partial charge in [0.2, 0.25) is 0 Å². The van der Waals surface area contributed by atoms with E-state index in [9.17, 15) is 0 Å². The van der Waals surface area contributed by atoms with E-state index in [0.29, 0.717) is 0 Å². The molecule has 0 atom stereocenters. The Morgan fingerprint density at radius 1 is 1.45 bits per heavy atom. The molecule has 0 fully saturated rings. The van der Waals surface area contributed by atoms with Crippen molar-refractivity contribution in [2.45, 2.75) is 13.5 Å². The molecule has 1 rings (SSSR count). The van der Waals surface area contributed by atoms with Crippen LogP contribution in [-0.2, 0) is 6.54 Å². The predicted octanol–water partition coefficient (Wildman–Crippen LogP) is 1.45. The summed E-state index contributed by atoms with van der Waals surface area (Å²) in [7, 11) is 4.14. The highest BCUT2D eigenvalue weighted by atomic mass is 15.0. The molecule has 0 bridgehead atoms. The molecule has 0 aromatic carbocycles. The van der Waals surface area contributed by atoms with E-state index in [-0.39, 0.29) is 0 Å². The summed E-state index contributed by atoms with van der Waals surface area (Å²) >= 11 is 0. The van der Waals surface area contributed by atoms with E-state index in [1.54, 1.807) is 0 Å². The van der Waals surface area contributed by atoms with Gasteiger partial charge in [-0.25, -0.2) is 0 Å². The van der Waals surface area contributed by atoms with Gasteiger partial charge in [-0.1, -0.05) is 0 Å². The van der Waals surface area contributed by atoms with Crippen molar-refractivity contribution < 1.29 is 0 Å². The molecular formula is C9H14N2. The summed E-state index contributed by atoms with van der Waals surface area (Å²) < 4.78 is 0. The maximum absolute atomic E-state index is 4.03. The Morgan fingerprint density at radius 3 is 2.73 bits per heavy atom. The summed E-state index contributed by atoms with van der Waals surface area (Å²) in [6, 6.07) is 2.06. The highest BCUT2D eigenvalue weighted by Gasteiger charge is 1.97. The van der Waals surface area contributed by atoms with Crippen molar-refractivity contribution in [1.29, 1.82) is 0 Å². The standard InChI is InChI=1S/C9H14N2/c1-8-6-10-5-4-9(8)7-11(2)3/h4-6H,7H2,1-3H3. The lowest BCUT2D eigenvalue weighted by molar-refractivity contribution is 0.401. The Labute approximate surface area is 67.9 Å². The number of hydrogen-bond donors (Lipinski definition) is 0. The molecule has 0 amide bonds. The molecule has 60 valence electrons. The lowest BCUT2D eigenvalue weighted by Gasteiger charge is -2.10. The van der Waals surface area contributed by atoms with Crippen LogP contribution in [0.4, 0.5) is 0 Å². The van der Waals surface area contributed by atoms with Gasteiger partial charge >= 0.3 is 0 Å². The summed E-state index contributed by atoms with van der Waals surface area (Å²) in [5, 5.41) is 0. The smallest absolute Gasteiger partial charge is 0.0300 e. The van der Waals surface area contributed by atoms with Crippen molar-refractivity contribution in [1.82, 2.24) is 9.88 Å². The van der Waals surface area contributed by atoms with E-state index in [2.05, 4.69) is 37.0 Å². The average molecular weight is 150 g/mol. The predicted molar refractivity (Wildman–Crippen MR) is 46.4 cm³/mol. The van der Waals surface area contributed by atoms with Crippen LogP contribution in [0.15, 0.2) is 18.5 Å². The number of pyridine rings is 1. The highest BCUT2D eigenvalue weighted by Crippen LogP contribution is 2.06. The third-order valence-electron chi connectivity index (χ3n) is 1.62. The van der Waals surface area contributed by atoms with Crippen LogP contribution in [0, 0.1) is 6.92 Å². The first kappa shape index (κ1) is 8.21. The molecule has 0 saturated carbocycles. The first-order valence-electron chi connectivity index (χ1n) is 3.74. The largest absolute Gasteiger partial charge is 0.305 e. The first-order valence-corrected chi connectivity index (χ1v) is 3.74. The van der Waals surface area contributed by atoms with Gasteiger partial charge in [-0.05, 0) is 38.2 Å². The summed E-state index contributed by atoms with van der Waals surface area (Å²) in [5.74, 6) is 0. The molecule has 2 nitrogen and oxygen atoms in total. The molecule has 2 heteroatoms. The van der Waals surface area contributed by atoms with Gasteiger partial charge in [-0.15, -0.1) is 0 Å². The molecule has 0 spiro atoms. The lowest BCUT2D eigenvalue weighted by Crippen LogP contribution is -2.11. The van der Waals surface area contributed by atoms with E-state index < -0.39 is 0 Å². The quantitative estimate of drug-likeness (QED) is 0.634. The Morgan fingerprint density at radius 2 is 2.18 bits per heavy atom. The Kier molecular flexibility index (Phi) is 2.60. The number of hydrogen-bond acceptors (Lipinski definition) is 2. The van der Waals surface area contributed by atoms with Crippen LogP contribution in [0.5, 0.6) is 0 Å². The molecule has 11 heavy (non-hydrogen) atoms. The van der Waals surface area contributed by atoms with Gasteiger partial charge in [0, 0.05) is 18.9 Å². The first-order chi connectivity index (χ1) is 5.20. The van der Waals surface area contributed by atoms with Crippen LogP contribution in [0.3, 0.4) is 0 Å². The molecule has 1 heterocycles. The van der Waals surface area contributed by atoms with Crippen molar-refractivity contribution >= 4 is 0 Å². The van der Waals surface area contributed by atoms with E-state index >= 15 is 0 Å². The van der Waals surface area contributed by atoms with Crippen LogP contribution in [-0.4, -0.2) is 24.0 Å². The van der Waals surface area contributed by atoms with Gasteiger partial charge in [-0.2, -0.15) is 0 Å². The Bertz CT molecular complexity index is 231. The fourth-order valence-electron chi connectivity index (χ4n) is 1.02. The number of rotatable bonds is 2. The summed E-state index contributed by atoms with van der Waals surface area (Å²) in [4.78, 5) is 6.19. The minimum Gasteiger partial charge on any atom is -0.305 e. The van der Waals surface area contributed by atoms with Crippen molar-refractivity contribution in [2.75, 3.05) is 14.1 Å². The maximum Gasteiger partial charge on any atom is 0.0300 e.